The van der Waals surface area contributed by atoms with E-state index in [1.165, 1.54) is 11.3 Å². The first kappa shape index (κ1) is 21.3. The Balaban J connectivity index is 1.26. The zero-order chi connectivity index (χ0) is 23.3. The molecule has 3 heterocycles. The van der Waals surface area contributed by atoms with Crippen LogP contribution >= 0.6 is 11.6 Å². The van der Waals surface area contributed by atoms with Gasteiger partial charge in [-0.15, -0.1) is 0 Å². The van der Waals surface area contributed by atoms with Gasteiger partial charge in [-0.2, -0.15) is 18.3 Å². The van der Waals surface area contributed by atoms with Crippen molar-refractivity contribution in [3.8, 4) is 0 Å². The third-order valence-electron chi connectivity index (χ3n) is 8.02. The van der Waals surface area contributed by atoms with Crippen molar-refractivity contribution < 1.29 is 22.8 Å². The Kier molecular flexibility index (Phi) is 4.42. The SMILES string of the molecule is CC12C[C@H](N3CCN(C(=O)c4nn5c(C(F)(F)F)cc(C6CC6)cc5c4Cl)CC3=O)C[C@H]1C2. The van der Waals surface area contributed by atoms with Gasteiger partial charge in [0.2, 0.25) is 5.91 Å². The van der Waals surface area contributed by atoms with Crippen molar-refractivity contribution in [2.24, 2.45) is 11.3 Å². The average molecular weight is 481 g/mol. The summed E-state index contributed by atoms with van der Waals surface area (Å²) < 4.78 is 41.9. The number of alkyl halides is 3. The number of piperazine rings is 1. The van der Waals surface area contributed by atoms with Gasteiger partial charge in [-0.1, -0.05) is 18.5 Å². The number of halogens is 4. The predicted octanol–water partition coefficient (Wildman–Crippen LogP) is 4.36. The van der Waals surface area contributed by atoms with E-state index < -0.39 is 17.8 Å². The maximum atomic E-state index is 13.7. The maximum Gasteiger partial charge on any atom is 0.433 e. The lowest BCUT2D eigenvalue weighted by Crippen LogP contribution is -2.55. The Bertz CT molecular complexity index is 1190. The third kappa shape index (κ3) is 3.42. The van der Waals surface area contributed by atoms with Crippen LogP contribution in [-0.2, 0) is 11.0 Å². The summed E-state index contributed by atoms with van der Waals surface area (Å²) in [6.07, 6.45) is 0.262. The molecule has 10 heteroatoms. The van der Waals surface area contributed by atoms with Gasteiger partial charge in [-0.3, -0.25) is 9.59 Å². The molecule has 3 aliphatic carbocycles. The molecular formula is C23H24ClF3N4O2. The van der Waals surface area contributed by atoms with E-state index in [9.17, 15) is 22.8 Å². The molecule has 1 saturated heterocycles. The van der Waals surface area contributed by atoms with Gasteiger partial charge in [0.05, 0.1) is 10.5 Å². The quantitative estimate of drug-likeness (QED) is 0.656. The molecule has 1 unspecified atom stereocenters. The van der Waals surface area contributed by atoms with E-state index in [-0.39, 0.29) is 40.6 Å². The number of aromatic nitrogens is 2. The molecule has 3 atom stereocenters. The van der Waals surface area contributed by atoms with E-state index in [2.05, 4.69) is 12.0 Å². The fraction of sp³-hybridized carbons (Fsp3) is 0.609. The molecule has 0 spiro atoms. The van der Waals surface area contributed by atoms with Crippen LogP contribution in [0.1, 0.15) is 66.7 Å². The molecule has 6 nitrogen and oxygen atoms in total. The molecule has 2 aromatic heterocycles. The fourth-order valence-electron chi connectivity index (χ4n) is 5.83. The Labute approximate surface area is 193 Å². The summed E-state index contributed by atoms with van der Waals surface area (Å²) in [5, 5.41) is 3.86. The molecule has 4 fully saturated rings. The van der Waals surface area contributed by atoms with Crippen LogP contribution in [0.3, 0.4) is 0 Å². The van der Waals surface area contributed by atoms with Crippen molar-refractivity contribution in [3.63, 3.8) is 0 Å². The van der Waals surface area contributed by atoms with Crippen LogP contribution in [0.15, 0.2) is 12.1 Å². The van der Waals surface area contributed by atoms with Gasteiger partial charge < -0.3 is 9.80 Å². The monoisotopic (exact) mass is 480 g/mol. The lowest BCUT2D eigenvalue weighted by Gasteiger charge is -2.38. The van der Waals surface area contributed by atoms with Crippen molar-refractivity contribution in [2.45, 2.75) is 57.2 Å². The van der Waals surface area contributed by atoms with Gasteiger partial charge in [-0.25, -0.2) is 4.52 Å². The van der Waals surface area contributed by atoms with Gasteiger partial charge in [0.15, 0.2) is 5.69 Å². The Morgan fingerprint density at radius 1 is 1.21 bits per heavy atom. The van der Waals surface area contributed by atoms with Gasteiger partial charge in [0.25, 0.3) is 5.91 Å². The fourth-order valence-corrected chi connectivity index (χ4v) is 6.09. The first-order chi connectivity index (χ1) is 15.5. The summed E-state index contributed by atoms with van der Waals surface area (Å²) in [4.78, 5) is 29.2. The molecule has 1 aliphatic heterocycles. The highest BCUT2D eigenvalue weighted by Crippen LogP contribution is 2.64. The minimum atomic E-state index is -4.64. The summed E-state index contributed by atoms with van der Waals surface area (Å²) in [7, 11) is 0. The summed E-state index contributed by atoms with van der Waals surface area (Å²) in [6, 6.07) is 2.90. The lowest BCUT2D eigenvalue weighted by molar-refractivity contribution is -0.142. The number of hydrogen-bond acceptors (Lipinski definition) is 3. The van der Waals surface area contributed by atoms with E-state index in [4.69, 9.17) is 11.6 Å². The largest absolute Gasteiger partial charge is 0.433 e. The average Bonchev–Trinajstić information content (AvgIpc) is 3.65. The minimum Gasteiger partial charge on any atom is -0.336 e. The number of carbonyl (C=O) groups is 2. The molecule has 0 N–H and O–H groups in total. The van der Waals surface area contributed by atoms with E-state index in [1.54, 1.807) is 6.07 Å². The normalized spacial score (nSPS) is 29.7. The van der Waals surface area contributed by atoms with Crippen molar-refractivity contribution in [1.29, 1.82) is 0 Å². The van der Waals surface area contributed by atoms with Gasteiger partial charge in [0, 0.05) is 19.1 Å². The van der Waals surface area contributed by atoms with Crippen LogP contribution in [0.4, 0.5) is 13.2 Å². The van der Waals surface area contributed by atoms with E-state index in [0.29, 0.717) is 34.5 Å². The van der Waals surface area contributed by atoms with E-state index in [0.717, 1.165) is 31.7 Å². The molecule has 2 amide bonds. The zero-order valence-corrected chi connectivity index (χ0v) is 18.9. The first-order valence-corrected chi connectivity index (χ1v) is 11.8. The van der Waals surface area contributed by atoms with Gasteiger partial charge in [-0.05, 0) is 67.1 Å². The molecule has 0 radical (unpaired) electrons. The van der Waals surface area contributed by atoms with E-state index in [1.807, 2.05) is 4.90 Å². The Morgan fingerprint density at radius 2 is 1.97 bits per heavy atom. The van der Waals surface area contributed by atoms with Crippen LogP contribution in [-0.4, -0.2) is 56.9 Å². The molecule has 176 valence electrons. The Morgan fingerprint density at radius 3 is 2.58 bits per heavy atom. The molecule has 2 aromatic rings. The molecule has 0 bridgehead atoms. The van der Waals surface area contributed by atoms with Crippen molar-refractivity contribution in [2.75, 3.05) is 19.6 Å². The number of nitrogens with zero attached hydrogens (tertiary/aromatic N) is 4. The second kappa shape index (κ2) is 6.87. The highest BCUT2D eigenvalue weighted by Gasteiger charge is 2.58. The second-order valence-electron chi connectivity index (χ2n) is 10.4. The summed E-state index contributed by atoms with van der Waals surface area (Å²) in [5.41, 5.74) is -0.205. The van der Waals surface area contributed by atoms with E-state index >= 15 is 0 Å². The predicted molar refractivity (Wildman–Crippen MR) is 114 cm³/mol. The first-order valence-electron chi connectivity index (χ1n) is 11.4. The molecule has 4 aliphatic rings. The highest BCUT2D eigenvalue weighted by atomic mass is 35.5. The molecule has 0 aromatic carbocycles. The molecule has 3 saturated carbocycles. The summed E-state index contributed by atoms with van der Waals surface area (Å²) >= 11 is 6.40. The van der Waals surface area contributed by atoms with Crippen LogP contribution in [0.2, 0.25) is 5.02 Å². The highest BCUT2D eigenvalue weighted by molar-refractivity contribution is 6.36. The Hall–Kier alpha value is -2.29. The standard InChI is InChI=1S/C23H24ClF3N4O2/c1-22-9-14(22)8-15(10-22)30-5-4-29(11-18(30)32)21(33)20-19(24)16-6-13(12-2-3-12)7-17(23(25,26)27)31(16)28-20/h6-7,12,14-15H,2-5,8-11H2,1H3/t14-,15+,22?/m0/s1. The summed E-state index contributed by atoms with van der Waals surface area (Å²) in [5.74, 6) is 0.0290. The van der Waals surface area contributed by atoms with Crippen molar-refractivity contribution in [3.05, 3.63) is 34.1 Å². The van der Waals surface area contributed by atoms with Gasteiger partial charge >= 0.3 is 6.18 Å². The summed E-state index contributed by atoms with van der Waals surface area (Å²) in [6.45, 7) is 2.88. The van der Waals surface area contributed by atoms with Gasteiger partial charge in [0.1, 0.15) is 12.2 Å². The second-order valence-corrected chi connectivity index (χ2v) is 10.7. The smallest absolute Gasteiger partial charge is 0.336 e. The van der Waals surface area contributed by atoms with Crippen molar-refractivity contribution >= 4 is 28.9 Å². The van der Waals surface area contributed by atoms with Crippen LogP contribution in [0.25, 0.3) is 5.52 Å². The van der Waals surface area contributed by atoms with Crippen LogP contribution in [0.5, 0.6) is 0 Å². The molecule has 33 heavy (non-hydrogen) atoms. The number of carbonyl (C=O) groups excluding carboxylic acids is 2. The number of pyridine rings is 1. The third-order valence-corrected chi connectivity index (χ3v) is 8.39. The topological polar surface area (TPSA) is 57.9 Å². The lowest BCUT2D eigenvalue weighted by atomic mass is 10.0. The number of hydrogen-bond donors (Lipinski definition) is 0. The minimum absolute atomic E-state index is 0.0696. The zero-order valence-electron chi connectivity index (χ0n) is 18.2. The molecular weight excluding hydrogens is 457 g/mol. The van der Waals surface area contributed by atoms with Crippen LogP contribution in [0, 0.1) is 11.3 Å². The number of amides is 2. The number of rotatable bonds is 3. The number of fused-ring (bicyclic) bond motifs is 2. The van der Waals surface area contributed by atoms with Crippen molar-refractivity contribution in [1.82, 2.24) is 19.4 Å². The molecule has 6 rings (SSSR count). The van der Waals surface area contributed by atoms with Crippen LogP contribution < -0.4 is 0 Å². The maximum absolute atomic E-state index is 13.7.